The minimum Gasteiger partial charge on any atom is -0.387 e. The van der Waals surface area contributed by atoms with Crippen molar-refractivity contribution in [3.63, 3.8) is 0 Å². The third-order valence-electron chi connectivity index (χ3n) is 1.73. The maximum Gasteiger partial charge on any atom is 0.106 e. The van der Waals surface area contributed by atoms with E-state index in [1.807, 2.05) is 13.0 Å². The maximum absolute atomic E-state index is 8.00. The Morgan fingerprint density at radius 1 is 1.25 bits per heavy atom. The van der Waals surface area contributed by atoms with Crippen LogP contribution in [0, 0.1) is 0 Å². The summed E-state index contributed by atoms with van der Waals surface area (Å²) < 4.78 is 0. The van der Waals surface area contributed by atoms with Gasteiger partial charge >= 0.3 is 0 Å². The van der Waals surface area contributed by atoms with Crippen LogP contribution in [0.5, 0.6) is 0 Å². The highest BCUT2D eigenvalue weighted by atomic mass is 16.1. The predicted octanol–water partition coefficient (Wildman–Crippen LogP) is 1.58. The van der Waals surface area contributed by atoms with Gasteiger partial charge in [0.2, 0.25) is 0 Å². The molecule has 0 spiro atoms. The van der Waals surface area contributed by atoms with Crippen molar-refractivity contribution in [3.8, 4) is 0 Å². The van der Waals surface area contributed by atoms with Crippen LogP contribution in [0.25, 0.3) is 6.08 Å². The highest BCUT2D eigenvalue weighted by Gasteiger charge is 1.99. The molecule has 0 aromatic heterocycles. The molecule has 1 aliphatic heterocycles. The first kappa shape index (κ1) is 8.53. The van der Waals surface area contributed by atoms with Gasteiger partial charge in [0.25, 0.3) is 0 Å². The van der Waals surface area contributed by atoms with E-state index < -0.39 is 0 Å². The zero-order valence-electron chi connectivity index (χ0n) is 6.79. The smallest absolute Gasteiger partial charge is 0.106 e. The van der Waals surface area contributed by atoms with Crippen molar-refractivity contribution in [3.05, 3.63) is 41.6 Å². The molecule has 2 rings (SSSR count). The number of fused-ring (bicyclic) bond motifs is 1. The van der Waals surface area contributed by atoms with Gasteiger partial charge in [-0.25, -0.2) is 0 Å². The minimum absolute atomic E-state index is 0.965. The number of carbonyl (C=O) groups excluding carboxylic acids is 1. The summed E-state index contributed by atoms with van der Waals surface area (Å²) in [5.74, 6) is 0. The molecule has 1 N–H and O–H groups in total. The number of nitrogens with one attached hydrogen (secondary N) is 1. The molecule has 0 bridgehead atoms. The van der Waals surface area contributed by atoms with Gasteiger partial charge < -0.3 is 10.1 Å². The molecule has 1 aromatic rings. The van der Waals surface area contributed by atoms with Gasteiger partial charge in [-0.15, -0.1) is 0 Å². The molecule has 62 valence electrons. The summed E-state index contributed by atoms with van der Waals surface area (Å²) in [6.45, 7) is 2.96. The lowest BCUT2D eigenvalue weighted by atomic mass is 10.1. The third kappa shape index (κ3) is 1.72. The first-order chi connectivity index (χ1) is 5.97. The normalized spacial score (nSPS) is 12.0. The van der Waals surface area contributed by atoms with Crippen LogP contribution in [-0.2, 0) is 11.3 Å². The standard InChI is InChI=1S/C9H9N.CH2O/c1-2-4-9-7-10-6-5-8(9)3-1;1-2/h1-6,10H,7H2;1H2. The molecule has 2 heteroatoms. The van der Waals surface area contributed by atoms with E-state index in [9.17, 15) is 0 Å². The molecular formula is C10H11NO. The van der Waals surface area contributed by atoms with Crippen molar-refractivity contribution in [2.24, 2.45) is 0 Å². The Labute approximate surface area is 71.9 Å². The maximum atomic E-state index is 8.00. The Balaban J connectivity index is 0.000000336. The Morgan fingerprint density at radius 2 is 2.00 bits per heavy atom. The van der Waals surface area contributed by atoms with Gasteiger partial charge in [-0.05, 0) is 23.4 Å². The second kappa shape index (κ2) is 4.34. The molecule has 0 saturated carbocycles. The molecule has 1 heterocycles. The lowest BCUT2D eigenvalue weighted by molar-refractivity contribution is -0.0979. The largest absolute Gasteiger partial charge is 0.387 e. The van der Waals surface area contributed by atoms with E-state index in [2.05, 4.69) is 35.7 Å². The van der Waals surface area contributed by atoms with Gasteiger partial charge in [-0.1, -0.05) is 24.3 Å². The van der Waals surface area contributed by atoms with Gasteiger partial charge in [0.1, 0.15) is 6.79 Å². The summed E-state index contributed by atoms with van der Waals surface area (Å²) in [5.41, 5.74) is 2.71. The zero-order valence-corrected chi connectivity index (χ0v) is 6.79. The summed E-state index contributed by atoms with van der Waals surface area (Å²) >= 11 is 0. The summed E-state index contributed by atoms with van der Waals surface area (Å²) in [4.78, 5) is 8.00. The third-order valence-corrected chi connectivity index (χ3v) is 1.73. The average molecular weight is 161 g/mol. The Hall–Kier alpha value is -1.57. The molecule has 12 heavy (non-hydrogen) atoms. The van der Waals surface area contributed by atoms with Crippen molar-refractivity contribution >= 4 is 12.9 Å². The van der Waals surface area contributed by atoms with Crippen LogP contribution in [-0.4, -0.2) is 6.79 Å². The molecule has 0 radical (unpaired) electrons. The van der Waals surface area contributed by atoms with Gasteiger partial charge in [-0.2, -0.15) is 0 Å². The zero-order chi connectivity index (χ0) is 8.81. The number of benzene rings is 1. The van der Waals surface area contributed by atoms with Crippen LogP contribution in [0.2, 0.25) is 0 Å². The SMILES string of the molecule is C1=Cc2ccccc2CN1.C=O. The Bertz CT molecular complexity index is 281. The van der Waals surface area contributed by atoms with Crippen molar-refractivity contribution in [1.82, 2.24) is 5.32 Å². The van der Waals surface area contributed by atoms with Crippen LogP contribution >= 0.6 is 0 Å². The lowest BCUT2D eigenvalue weighted by Crippen LogP contribution is -2.09. The average Bonchev–Trinajstić information content (AvgIpc) is 2.21. The van der Waals surface area contributed by atoms with Crippen LogP contribution in [0.1, 0.15) is 11.1 Å². The van der Waals surface area contributed by atoms with Crippen LogP contribution < -0.4 is 5.32 Å². The number of rotatable bonds is 0. The number of hydrogen-bond acceptors (Lipinski definition) is 2. The topological polar surface area (TPSA) is 29.1 Å². The van der Waals surface area contributed by atoms with E-state index in [4.69, 9.17) is 4.79 Å². The van der Waals surface area contributed by atoms with Crippen LogP contribution in [0.4, 0.5) is 0 Å². The van der Waals surface area contributed by atoms with E-state index in [-0.39, 0.29) is 0 Å². The molecule has 2 nitrogen and oxygen atoms in total. The Kier molecular flexibility index (Phi) is 3.08. The summed E-state index contributed by atoms with van der Waals surface area (Å²) in [5, 5.41) is 3.16. The Morgan fingerprint density at radius 3 is 2.75 bits per heavy atom. The lowest BCUT2D eigenvalue weighted by Gasteiger charge is -2.10. The molecule has 0 atom stereocenters. The highest BCUT2D eigenvalue weighted by molar-refractivity contribution is 5.55. The van der Waals surface area contributed by atoms with Gasteiger partial charge in [0.15, 0.2) is 0 Å². The van der Waals surface area contributed by atoms with E-state index in [0.29, 0.717) is 0 Å². The minimum atomic E-state index is 0.965. The molecule has 0 unspecified atom stereocenters. The second-order valence-corrected chi connectivity index (χ2v) is 2.41. The van der Waals surface area contributed by atoms with Crippen molar-refractivity contribution in [2.45, 2.75) is 6.54 Å². The van der Waals surface area contributed by atoms with E-state index >= 15 is 0 Å². The van der Waals surface area contributed by atoms with E-state index in [1.165, 1.54) is 11.1 Å². The molecule has 1 aliphatic rings. The quantitative estimate of drug-likeness (QED) is 0.625. The summed E-state index contributed by atoms with van der Waals surface area (Å²) in [7, 11) is 0. The molecule has 0 fully saturated rings. The summed E-state index contributed by atoms with van der Waals surface area (Å²) in [6, 6.07) is 8.41. The van der Waals surface area contributed by atoms with E-state index in [0.717, 1.165) is 6.54 Å². The fraction of sp³-hybridized carbons (Fsp3) is 0.100. The molecule has 0 saturated heterocycles. The van der Waals surface area contributed by atoms with Gasteiger partial charge in [-0.3, -0.25) is 0 Å². The fourth-order valence-corrected chi connectivity index (χ4v) is 1.18. The van der Waals surface area contributed by atoms with Crippen molar-refractivity contribution in [2.75, 3.05) is 0 Å². The molecule has 1 aromatic carbocycles. The number of carbonyl (C=O) groups is 1. The van der Waals surface area contributed by atoms with Gasteiger partial charge in [0.05, 0.1) is 0 Å². The molecule has 0 amide bonds. The number of hydrogen-bond donors (Lipinski definition) is 1. The first-order valence-corrected chi connectivity index (χ1v) is 3.73. The second-order valence-electron chi connectivity index (χ2n) is 2.41. The molecular weight excluding hydrogens is 150 g/mol. The van der Waals surface area contributed by atoms with Crippen LogP contribution in [0.15, 0.2) is 30.5 Å². The predicted molar refractivity (Wildman–Crippen MR) is 49.4 cm³/mol. The van der Waals surface area contributed by atoms with Crippen LogP contribution in [0.3, 0.4) is 0 Å². The first-order valence-electron chi connectivity index (χ1n) is 3.73. The van der Waals surface area contributed by atoms with Crippen molar-refractivity contribution < 1.29 is 4.79 Å². The van der Waals surface area contributed by atoms with E-state index in [1.54, 1.807) is 0 Å². The fourth-order valence-electron chi connectivity index (χ4n) is 1.18. The van der Waals surface area contributed by atoms with Crippen molar-refractivity contribution in [1.29, 1.82) is 0 Å². The highest BCUT2D eigenvalue weighted by Crippen LogP contribution is 2.12. The molecule has 0 aliphatic carbocycles. The summed E-state index contributed by atoms with van der Waals surface area (Å²) in [6.07, 6.45) is 4.08. The van der Waals surface area contributed by atoms with Gasteiger partial charge in [0, 0.05) is 6.54 Å². The monoisotopic (exact) mass is 161 g/mol.